The topological polar surface area (TPSA) is 75.2 Å². The Morgan fingerprint density at radius 2 is 2.10 bits per heavy atom. The van der Waals surface area contributed by atoms with Crippen LogP contribution in [0.15, 0.2) is 42.5 Å². The number of fused-ring (bicyclic) bond motifs is 1. The molecule has 3 rings (SSSR count). The summed E-state index contributed by atoms with van der Waals surface area (Å²) in [5.41, 5.74) is 3.33. The molecule has 0 saturated heterocycles. The van der Waals surface area contributed by atoms with Crippen LogP contribution in [-0.4, -0.2) is 28.2 Å². The van der Waals surface area contributed by atoms with Crippen LogP contribution in [0.3, 0.4) is 0 Å². The lowest BCUT2D eigenvalue weighted by atomic mass is 10.1. The second-order valence-corrected chi connectivity index (χ2v) is 4.71. The number of benzene rings is 2. The lowest BCUT2D eigenvalue weighted by Gasteiger charge is -2.08. The van der Waals surface area contributed by atoms with Gasteiger partial charge in [0.15, 0.2) is 0 Å². The van der Waals surface area contributed by atoms with Gasteiger partial charge in [-0.3, -0.25) is 4.79 Å². The van der Waals surface area contributed by atoms with Crippen LogP contribution in [0.4, 0.5) is 0 Å². The molecule has 0 aliphatic heterocycles. The zero-order valence-electron chi connectivity index (χ0n) is 11.5. The highest BCUT2D eigenvalue weighted by Gasteiger charge is 2.12. The quantitative estimate of drug-likeness (QED) is 0.771. The summed E-state index contributed by atoms with van der Waals surface area (Å²) in [6.07, 6.45) is -0.0310. The van der Waals surface area contributed by atoms with E-state index in [-0.39, 0.29) is 6.42 Å². The average Bonchev–Trinajstić information content (AvgIpc) is 2.90. The normalized spacial score (nSPS) is 10.7. The van der Waals surface area contributed by atoms with Crippen molar-refractivity contribution in [2.45, 2.75) is 6.42 Å². The lowest BCUT2D eigenvalue weighted by molar-refractivity contribution is -0.136. The van der Waals surface area contributed by atoms with Crippen molar-refractivity contribution in [1.82, 2.24) is 9.97 Å². The van der Waals surface area contributed by atoms with Crippen LogP contribution in [0.2, 0.25) is 0 Å². The van der Waals surface area contributed by atoms with Crippen molar-refractivity contribution in [3.63, 3.8) is 0 Å². The number of carboxylic acid groups (broad SMARTS) is 1. The third-order valence-corrected chi connectivity index (χ3v) is 3.27. The van der Waals surface area contributed by atoms with E-state index in [1.807, 2.05) is 30.3 Å². The molecule has 2 N–H and O–H groups in total. The Kier molecular flexibility index (Phi) is 3.31. The molecule has 0 radical (unpaired) electrons. The molecule has 0 unspecified atom stereocenters. The highest BCUT2D eigenvalue weighted by Crippen LogP contribution is 2.30. The first-order valence-electron chi connectivity index (χ1n) is 6.51. The number of para-hydroxylation sites is 2. The van der Waals surface area contributed by atoms with E-state index >= 15 is 0 Å². The molecule has 0 bridgehead atoms. The Morgan fingerprint density at radius 3 is 2.81 bits per heavy atom. The Balaban J connectivity index is 2.06. The molecule has 3 aromatic rings. The number of carboxylic acids is 1. The van der Waals surface area contributed by atoms with E-state index in [9.17, 15) is 4.79 Å². The summed E-state index contributed by atoms with van der Waals surface area (Å²) < 4.78 is 5.37. The van der Waals surface area contributed by atoms with E-state index in [2.05, 4.69) is 9.97 Å². The van der Waals surface area contributed by atoms with E-state index in [0.29, 0.717) is 17.1 Å². The Bertz CT molecular complexity index is 775. The zero-order chi connectivity index (χ0) is 14.8. The summed E-state index contributed by atoms with van der Waals surface area (Å²) in [7, 11) is 1.56. The van der Waals surface area contributed by atoms with Crippen molar-refractivity contribution in [3.05, 3.63) is 48.0 Å². The van der Waals surface area contributed by atoms with Crippen LogP contribution >= 0.6 is 0 Å². The number of carbonyl (C=O) groups is 1. The Morgan fingerprint density at radius 1 is 1.29 bits per heavy atom. The minimum atomic E-state index is -0.867. The first-order valence-corrected chi connectivity index (χ1v) is 6.51. The molecule has 106 valence electrons. The van der Waals surface area contributed by atoms with Gasteiger partial charge in [-0.25, -0.2) is 4.98 Å². The summed E-state index contributed by atoms with van der Waals surface area (Å²) in [4.78, 5) is 18.6. The van der Waals surface area contributed by atoms with Crippen LogP contribution < -0.4 is 4.74 Å². The number of imidazole rings is 1. The van der Waals surface area contributed by atoms with Crippen molar-refractivity contribution in [3.8, 4) is 17.1 Å². The molecule has 5 nitrogen and oxygen atoms in total. The number of nitrogens with one attached hydrogen (secondary N) is 1. The van der Waals surface area contributed by atoms with Crippen molar-refractivity contribution in [2.24, 2.45) is 0 Å². The minimum absolute atomic E-state index is 0.0310. The van der Waals surface area contributed by atoms with Gasteiger partial charge in [0.1, 0.15) is 11.6 Å². The molecule has 0 atom stereocenters. The number of aliphatic carboxylic acids is 1. The molecule has 0 saturated carbocycles. The molecule has 0 spiro atoms. The molecule has 0 fully saturated rings. The van der Waals surface area contributed by atoms with Gasteiger partial charge in [0, 0.05) is 0 Å². The van der Waals surface area contributed by atoms with Crippen molar-refractivity contribution >= 4 is 17.0 Å². The first kappa shape index (κ1) is 13.2. The fraction of sp³-hybridized carbons (Fsp3) is 0.125. The number of H-pyrrole nitrogens is 1. The number of nitrogens with zero attached hydrogens (tertiary/aromatic N) is 1. The molecule has 5 heteroatoms. The van der Waals surface area contributed by atoms with Crippen molar-refractivity contribution < 1.29 is 14.6 Å². The van der Waals surface area contributed by atoms with Crippen molar-refractivity contribution in [1.29, 1.82) is 0 Å². The molecule has 1 heterocycles. The minimum Gasteiger partial charge on any atom is -0.496 e. The van der Waals surface area contributed by atoms with Gasteiger partial charge in [0.05, 0.1) is 30.1 Å². The second kappa shape index (κ2) is 5.28. The van der Waals surface area contributed by atoms with Crippen LogP contribution in [0, 0.1) is 0 Å². The molecule has 1 aromatic heterocycles. The van der Waals surface area contributed by atoms with Crippen LogP contribution in [0.1, 0.15) is 5.56 Å². The van der Waals surface area contributed by atoms with Gasteiger partial charge in [-0.1, -0.05) is 18.2 Å². The summed E-state index contributed by atoms with van der Waals surface area (Å²) >= 11 is 0. The van der Waals surface area contributed by atoms with Crippen LogP contribution in [-0.2, 0) is 11.2 Å². The summed E-state index contributed by atoms with van der Waals surface area (Å²) in [6, 6.07) is 13.1. The first-order chi connectivity index (χ1) is 10.2. The highest BCUT2D eigenvalue weighted by molar-refractivity contribution is 5.81. The van der Waals surface area contributed by atoms with Crippen LogP contribution in [0.5, 0.6) is 5.75 Å². The van der Waals surface area contributed by atoms with Gasteiger partial charge in [0.2, 0.25) is 0 Å². The maximum absolute atomic E-state index is 10.8. The van der Waals surface area contributed by atoms with E-state index in [4.69, 9.17) is 9.84 Å². The second-order valence-electron chi connectivity index (χ2n) is 4.71. The molecule has 0 aliphatic rings. The summed E-state index contributed by atoms with van der Waals surface area (Å²) in [5.74, 6) is 0.441. The molecule has 2 aromatic carbocycles. The van der Waals surface area contributed by atoms with Gasteiger partial charge < -0.3 is 14.8 Å². The maximum atomic E-state index is 10.8. The number of rotatable bonds is 4. The van der Waals surface area contributed by atoms with E-state index < -0.39 is 5.97 Å². The smallest absolute Gasteiger partial charge is 0.307 e. The fourth-order valence-electron chi connectivity index (χ4n) is 2.30. The van der Waals surface area contributed by atoms with Gasteiger partial charge in [-0.15, -0.1) is 0 Å². The highest BCUT2D eigenvalue weighted by atomic mass is 16.5. The van der Waals surface area contributed by atoms with E-state index in [0.717, 1.165) is 16.6 Å². The number of aromatic amines is 1. The average molecular weight is 282 g/mol. The van der Waals surface area contributed by atoms with Gasteiger partial charge in [-0.05, 0) is 29.8 Å². The largest absolute Gasteiger partial charge is 0.496 e. The van der Waals surface area contributed by atoms with Gasteiger partial charge in [-0.2, -0.15) is 0 Å². The third kappa shape index (κ3) is 2.58. The molecular weight excluding hydrogens is 268 g/mol. The number of hydrogen-bond acceptors (Lipinski definition) is 3. The SMILES string of the molecule is COc1cc(CC(=O)O)ccc1-c1nc2ccccc2[nH]1. The van der Waals surface area contributed by atoms with E-state index in [1.54, 1.807) is 19.2 Å². The molecule has 0 aliphatic carbocycles. The monoisotopic (exact) mass is 282 g/mol. The van der Waals surface area contributed by atoms with Gasteiger partial charge >= 0.3 is 5.97 Å². The third-order valence-electron chi connectivity index (χ3n) is 3.27. The number of hydrogen-bond donors (Lipinski definition) is 2. The predicted molar refractivity (Wildman–Crippen MR) is 79.4 cm³/mol. The summed E-state index contributed by atoms with van der Waals surface area (Å²) in [6.45, 7) is 0. The number of methoxy groups -OCH3 is 1. The zero-order valence-corrected chi connectivity index (χ0v) is 11.5. The lowest BCUT2D eigenvalue weighted by Crippen LogP contribution is -2.00. The van der Waals surface area contributed by atoms with Crippen molar-refractivity contribution in [2.75, 3.05) is 7.11 Å². The fourth-order valence-corrected chi connectivity index (χ4v) is 2.30. The number of aromatic nitrogens is 2. The van der Waals surface area contributed by atoms with Crippen LogP contribution in [0.25, 0.3) is 22.4 Å². The maximum Gasteiger partial charge on any atom is 0.307 e. The molecular formula is C16H14N2O3. The standard InChI is InChI=1S/C16H14N2O3/c1-21-14-8-10(9-15(19)20)6-7-11(14)16-17-12-4-2-3-5-13(12)18-16/h2-8H,9H2,1H3,(H,17,18)(H,19,20). The Labute approximate surface area is 121 Å². The van der Waals surface area contributed by atoms with Gasteiger partial charge in [0.25, 0.3) is 0 Å². The molecule has 21 heavy (non-hydrogen) atoms. The van der Waals surface area contributed by atoms with E-state index in [1.165, 1.54) is 0 Å². The summed E-state index contributed by atoms with van der Waals surface area (Å²) in [5, 5.41) is 8.85. The Hall–Kier alpha value is -2.82. The number of ether oxygens (including phenoxy) is 1. The predicted octanol–water partition coefficient (Wildman–Crippen LogP) is 2.87. The molecule has 0 amide bonds.